The molecule has 2 unspecified atom stereocenters. The molecule has 2 atom stereocenters. The molecule has 2 aromatic rings. The molecule has 1 aromatic carbocycles. The Morgan fingerprint density at radius 3 is 2.79 bits per heavy atom. The predicted octanol–water partition coefficient (Wildman–Crippen LogP) is 1.28. The first-order chi connectivity index (χ1) is 9.29. The molecule has 0 aliphatic carbocycles. The lowest BCUT2D eigenvalue weighted by Crippen LogP contribution is -2.67. The van der Waals surface area contributed by atoms with E-state index in [1.807, 2.05) is 29.3 Å². The molecule has 0 spiro atoms. The number of amides is 1. The van der Waals surface area contributed by atoms with Gasteiger partial charge in [-0.15, -0.1) is 0 Å². The van der Waals surface area contributed by atoms with E-state index < -0.39 is 0 Å². The van der Waals surface area contributed by atoms with Crippen LogP contribution in [0.3, 0.4) is 0 Å². The number of H-pyrrole nitrogens is 1. The molecule has 98 valence electrons. The molecule has 19 heavy (non-hydrogen) atoms. The Balaban J connectivity index is 1.53. The molecule has 2 N–H and O–H groups in total. The highest BCUT2D eigenvalue weighted by Crippen LogP contribution is 2.23. The van der Waals surface area contributed by atoms with Gasteiger partial charge in [-0.3, -0.25) is 4.79 Å². The Bertz CT molecular complexity index is 617. The van der Waals surface area contributed by atoms with Crippen LogP contribution in [0.5, 0.6) is 0 Å². The SMILES string of the molecule is O=C(Cc1c[nH]c2ccccc12)N1CC2CC(C1)N2. The van der Waals surface area contributed by atoms with Crippen molar-refractivity contribution in [3.63, 3.8) is 0 Å². The predicted molar refractivity (Wildman–Crippen MR) is 73.9 cm³/mol. The van der Waals surface area contributed by atoms with Gasteiger partial charge in [-0.25, -0.2) is 0 Å². The molecule has 1 amide bonds. The molecule has 4 heteroatoms. The summed E-state index contributed by atoms with van der Waals surface area (Å²) < 4.78 is 0. The van der Waals surface area contributed by atoms with Gasteiger partial charge in [0.2, 0.25) is 5.91 Å². The van der Waals surface area contributed by atoms with Crippen LogP contribution in [0, 0.1) is 0 Å². The van der Waals surface area contributed by atoms with Crippen molar-refractivity contribution in [1.29, 1.82) is 0 Å². The molecule has 5 rings (SSSR count). The van der Waals surface area contributed by atoms with E-state index in [-0.39, 0.29) is 5.91 Å². The van der Waals surface area contributed by atoms with Gasteiger partial charge in [0, 0.05) is 42.3 Å². The van der Waals surface area contributed by atoms with Crippen LogP contribution in [0.25, 0.3) is 10.9 Å². The third-order valence-corrected chi connectivity index (χ3v) is 4.29. The number of para-hydroxylation sites is 1. The van der Waals surface area contributed by atoms with Crippen LogP contribution < -0.4 is 5.32 Å². The first-order valence-electron chi connectivity index (χ1n) is 6.88. The molecule has 1 aromatic heterocycles. The maximum absolute atomic E-state index is 12.4. The van der Waals surface area contributed by atoms with Gasteiger partial charge in [-0.1, -0.05) is 18.2 Å². The molecule has 2 bridgehead atoms. The Morgan fingerprint density at radius 1 is 1.26 bits per heavy atom. The number of piperazine rings is 1. The number of carbonyl (C=O) groups excluding carboxylic acids is 1. The van der Waals surface area contributed by atoms with Gasteiger partial charge in [0.25, 0.3) is 0 Å². The Labute approximate surface area is 111 Å². The molecule has 3 fully saturated rings. The van der Waals surface area contributed by atoms with Crippen molar-refractivity contribution in [1.82, 2.24) is 15.2 Å². The average Bonchev–Trinajstić information content (AvgIpc) is 2.82. The lowest BCUT2D eigenvalue weighted by atomic mass is 9.91. The zero-order valence-corrected chi connectivity index (χ0v) is 10.7. The zero-order valence-electron chi connectivity index (χ0n) is 10.7. The summed E-state index contributed by atoms with van der Waals surface area (Å²) >= 11 is 0. The number of aromatic nitrogens is 1. The van der Waals surface area contributed by atoms with E-state index in [2.05, 4.69) is 16.4 Å². The topological polar surface area (TPSA) is 48.1 Å². The Hall–Kier alpha value is -1.81. The number of aromatic amines is 1. The molecule has 0 radical (unpaired) electrons. The first kappa shape index (κ1) is 11.1. The number of piperidine rings is 1. The summed E-state index contributed by atoms with van der Waals surface area (Å²) in [6.45, 7) is 1.75. The van der Waals surface area contributed by atoms with Crippen molar-refractivity contribution in [3.8, 4) is 0 Å². The highest BCUT2D eigenvalue weighted by atomic mass is 16.2. The summed E-state index contributed by atoms with van der Waals surface area (Å²) in [5.74, 6) is 0.251. The maximum Gasteiger partial charge on any atom is 0.227 e. The van der Waals surface area contributed by atoms with Gasteiger partial charge >= 0.3 is 0 Å². The molecule has 3 aliphatic heterocycles. The number of rotatable bonds is 2. The average molecular weight is 255 g/mol. The smallest absolute Gasteiger partial charge is 0.227 e. The van der Waals surface area contributed by atoms with Crippen molar-refractivity contribution in [2.45, 2.75) is 24.9 Å². The van der Waals surface area contributed by atoms with Crippen LogP contribution in [0.1, 0.15) is 12.0 Å². The summed E-state index contributed by atoms with van der Waals surface area (Å²) in [5.41, 5.74) is 2.21. The van der Waals surface area contributed by atoms with Crippen molar-refractivity contribution >= 4 is 16.8 Å². The summed E-state index contributed by atoms with van der Waals surface area (Å²) in [6.07, 6.45) is 3.70. The highest BCUT2D eigenvalue weighted by Gasteiger charge is 2.38. The number of hydrogen-bond acceptors (Lipinski definition) is 2. The van der Waals surface area contributed by atoms with Crippen molar-refractivity contribution in [2.75, 3.05) is 13.1 Å². The number of fused-ring (bicyclic) bond motifs is 3. The third kappa shape index (κ3) is 1.83. The molecular formula is C15H17N3O. The van der Waals surface area contributed by atoms with Crippen LogP contribution in [0.15, 0.2) is 30.5 Å². The van der Waals surface area contributed by atoms with Crippen molar-refractivity contribution in [2.24, 2.45) is 0 Å². The summed E-state index contributed by atoms with van der Waals surface area (Å²) in [5, 5.41) is 4.62. The second kappa shape index (κ2) is 4.10. The minimum Gasteiger partial charge on any atom is -0.361 e. The number of nitrogens with one attached hydrogen (secondary N) is 2. The van der Waals surface area contributed by atoms with Crippen LogP contribution in [-0.4, -0.2) is 41.0 Å². The van der Waals surface area contributed by atoms with E-state index in [4.69, 9.17) is 0 Å². The fraction of sp³-hybridized carbons (Fsp3) is 0.400. The van der Waals surface area contributed by atoms with Gasteiger partial charge in [0.05, 0.1) is 6.42 Å². The highest BCUT2D eigenvalue weighted by molar-refractivity contribution is 5.89. The van der Waals surface area contributed by atoms with E-state index in [1.165, 1.54) is 6.42 Å². The second-order valence-corrected chi connectivity index (χ2v) is 5.63. The number of benzene rings is 1. The fourth-order valence-corrected chi connectivity index (χ4v) is 3.27. The van der Waals surface area contributed by atoms with Crippen LogP contribution in [0.2, 0.25) is 0 Å². The largest absolute Gasteiger partial charge is 0.361 e. The van der Waals surface area contributed by atoms with Crippen LogP contribution >= 0.6 is 0 Å². The standard InChI is InChI=1S/C15H17N3O/c19-15(18-8-11-6-12(9-18)17-11)5-10-7-16-14-4-2-1-3-13(10)14/h1-4,7,11-12,16-17H,5-6,8-9H2. The molecular weight excluding hydrogens is 238 g/mol. The van der Waals surface area contributed by atoms with E-state index in [1.54, 1.807) is 0 Å². The van der Waals surface area contributed by atoms with Crippen molar-refractivity contribution < 1.29 is 4.79 Å². The van der Waals surface area contributed by atoms with Gasteiger partial charge < -0.3 is 15.2 Å². The normalized spacial score (nSPS) is 25.4. The maximum atomic E-state index is 12.4. The lowest BCUT2D eigenvalue weighted by molar-refractivity contribution is -0.134. The monoisotopic (exact) mass is 255 g/mol. The van der Waals surface area contributed by atoms with Crippen LogP contribution in [0.4, 0.5) is 0 Å². The molecule has 3 saturated heterocycles. The van der Waals surface area contributed by atoms with E-state index in [0.717, 1.165) is 29.6 Å². The summed E-state index contributed by atoms with van der Waals surface area (Å²) in [6, 6.07) is 9.21. The van der Waals surface area contributed by atoms with Gasteiger partial charge in [0.1, 0.15) is 0 Å². The van der Waals surface area contributed by atoms with E-state index in [0.29, 0.717) is 18.5 Å². The van der Waals surface area contributed by atoms with E-state index in [9.17, 15) is 4.79 Å². The van der Waals surface area contributed by atoms with Crippen molar-refractivity contribution in [3.05, 3.63) is 36.0 Å². The summed E-state index contributed by atoms with van der Waals surface area (Å²) in [7, 11) is 0. The Kier molecular flexibility index (Phi) is 2.38. The minimum absolute atomic E-state index is 0.251. The molecule has 0 saturated carbocycles. The van der Waals surface area contributed by atoms with Gasteiger partial charge in [-0.05, 0) is 18.1 Å². The lowest BCUT2D eigenvalue weighted by Gasteiger charge is -2.48. The van der Waals surface area contributed by atoms with Crippen LogP contribution in [-0.2, 0) is 11.2 Å². The number of hydrogen-bond donors (Lipinski definition) is 2. The summed E-state index contributed by atoms with van der Waals surface area (Å²) in [4.78, 5) is 17.6. The number of carbonyl (C=O) groups is 1. The quantitative estimate of drug-likeness (QED) is 0.849. The molecule has 4 nitrogen and oxygen atoms in total. The Morgan fingerprint density at radius 2 is 2.00 bits per heavy atom. The van der Waals surface area contributed by atoms with E-state index >= 15 is 0 Å². The number of nitrogens with zero attached hydrogens (tertiary/aromatic N) is 1. The zero-order chi connectivity index (χ0) is 12.8. The third-order valence-electron chi connectivity index (χ3n) is 4.29. The fourth-order valence-electron chi connectivity index (χ4n) is 3.27. The molecule has 3 aliphatic rings. The minimum atomic E-state index is 0.251. The molecule has 4 heterocycles. The van der Waals surface area contributed by atoms with Gasteiger partial charge in [0.15, 0.2) is 0 Å². The second-order valence-electron chi connectivity index (χ2n) is 5.63. The van der Waals surface area contributed by atoms with Gasteiger partial charge in [-0.2, -0.15) is 0 Å². The first-order valence-corrected chi connectivity index (χ1v) is 6.88.